The number of nitrogens with two attached hydrogens (primary N) is 2. The van der Waals surface area contributed by atoms with Gasteiger partial charge < -0.3 is 40.8 Å². The third-order valence-electron chi connectivity index (χ3n) is 7.90. The fourth-order valence-electron chi connectivity index (χ4n) is 5.27. The number of furan rings is 1. The van der Waals surface area contributed by atoms with Gasteiger partial charge in [-0.1, -0.05) is 28.1 Å². The third kappa shape index (κ3) is 6.49. The monoisotopic (exact) mass is 742 g/mol. The van der Waals surface area contributed by atoms with Gasteiger partial charge in [0.25, 0.3) is 11.8 Å². The molecule has 0 aromatic carbocycles. The van der Waals surface area contributed by atoms with Gasteiger partial charge in [0.1, 0.15) is 50.5 Å². The van der Waals surface area contributed by atoms with Crippen molar-refractivity contribution in [3.8, 4) is 0 Å². The Morgan fingerprint density at radius 2 is 2.08 bits per heavy atom. The van der Waals surface area contributed by atoms with Crippen LogP contribution in [0.1, 0.15) is 30.9 Å². The zero-order chi connectivity index (χ0) is 36.1. The Bertz CT molecular complexity index is 2150. The smallest absolute Gasteiger partial charge is 0.352 e. The minimum absolute atomic E-state index is 0.00600. The Hall–Kier alpha value is -5.40. The molecule has 0 radical (unpaired) electrons. The lowest BCUT2D eigenvalue weighted by Crippen LogP contribution is -2.71. The maximum atomic E-state index is 13.5. The van der Waals surface area contributed by atoms with Crippen LogP contribution in [0.3, 0.4) is 0 Å². The van der Waals surface area contributed by atoms with Crippen LogP contribution in [0.25, 0.3) is 10.9 Å². The summed E-state index contributed by atoms with van der Waals surface area (Å²) >= 11 is 8.33. The van der Waals surface area contributed by atoms with Crippen molar-refractivity contribution in [2.75, 3.05) is 11.5 Å². The third-order valence-corrected chi connectivity index (χ3v) is 10.3. The van der Waals surface area contributed by atoms with Crippen molar-refractivity contribution in [2.24, 2.45) is 10.9 Å². The molecule has 260 valence electrons. The van der Waals surface area contributed by atoms with E-state index in [2.05, 4.69) is 15.5 Å². The van der Waals surface area contributed by atoms with Crippen LogP contribution in [0.4, 0.5) is 5.13 Å². The highest BCUT2D eigenvalue weighted by atomic mass is 35.5. The lowest BCUT2D eigenvalue weighted by Gasteiger charge is -2.49. The van der Waals surface area contributed by atoms with E-state index >= 15 is 0 Å². The summed E-state index contributed by atoms with van der Waals surface area (Å²) < 4.78 is 9.29. The Kier molecular flexibility index (Phi) is 9.06. The number of hydrogen-bond acceptors (Lipinski definition) is 12. The van der Waals surface area contributed by atoms with Crippen LogP contribution in [0.2, 0.25) is 4.34 Å². The van der Waals surface area contributed by atoms with Crippen LogP contribution in [-0.4, -0.2) is 82.7 Å². The van der Waals surface area contributed by atoms with E-state index in [9.17, 15) is 29.4 Å². The molecule has 0 unspecified atom stereocenters. The Morgan fingerprint density at radius 3 is 2.72 bits per heavy atom. The van der Waals surface area contributed by atoms with Gasteiger partial charge in [-0.25, -0.2) is 14.6 Å². The lowest BCUT2D eigenvalue weighted by molar-refractivity contribution is -0.687. The Labute approximate surface area is 295 Å². The predicted octanol–water partition coefficient (Wildman–Crippen LogP) is 1.57. The molecule has 1 saturated heterocycles. The number of thiazole rings is 1. The van der Waals surface area contributed by atoms with Crippen molar-refractivity contribution in [1.29, 1.82) is 5.41 Å². The summed E-state index contributed by atoms with van der Waals surface area (Å²) in [4.78, 5) is 61.3. The average molecular weight is 743 g/mol. The van der Waals surface area contributed by atoms with Gasteiger partial charge in [-0.05, 0) is 26.0 Å². The quantitative estimate of drug-likeness (QED) is 0.0398. The number of carbonyl (C=O) groups excluding carboxylic acids is 2. The highest BCUT2D eigenvalue weighted by Crippen LogP contribution is 2.40. The molecule has 1 fully saturated rings. The molecule has 4 aromatic heterocycles. The number of carboxylic acid groups (broad SMARTS) is 2. The second-order valence-corrected chi connectivity index (χ2v) is 14.5. The summed E-state index contributed by atoms with van der Waals surface area (Å²) in [5.74, 6) is -3.55. The van der Waals surface area contributed by atoms with E-state index < -0.39 is 46.5 Å². The number of carbonyl (C=O) groups is 4. The van der Waals surface area contributed by atoms with E-state index in [1.165, 1.54) is 31.9 Å². The number of aliphatic carboxylic acids is 2. The van der Waals surface area contributed by atoms with E-state index in [1.54, 1.807) is 6.07 Å². The van der Waals surface area contributed by atoms with Crippen LogP contribution in [0.15, 0.2) is 63.9 Å². The molecular formula is C30H29ClN9O8S2+. The SMILES string of the molecule is CC(C)(O/N=C(\C(=O)N[C@@H]1C(=O)N2C(C(=O)O)=C(C[n+]3ccc4ccn(Cc5cc(C(=N)N)co5)c4c3)CS[C@H]12)c1nc(N)sc1Cl)C(=O)O. The number of nitrogens with one attached hydrogen (secondary N) is 2. The number of fused-ring (bicyclic) bond motifs is 2. The second-order valence-electron chi connectivity index (χ2n) is 11.8. The zero-order valence-electron chi connectivity index (χ0n) is 26.2. The fourth-order valence-corrected chi connectivity index (χ4v) is 7.53. The number of rotatable bonds is 12. The molecule has 20 heteroatoms. The first-order valence-corrected chi connectivity index (χ1v) is 16.9. The van der Waals surface area contributed by atoms with Crippen molar-refractivity contribution in [3.63, 3.8) is 0 Å². The molecule has 0 spiro atoms. The summed E-state index contributed by atoms with van der Waals surface area (Å²) in [5.41, 5.74) is 10.4. The normalized spacial score (nSPS) is 17.8. The second kappa shape index (κ2) is 13.1. The molecule has 17 nitrogen and oxygen atoms in total. The molecule has 6 rings (SSSR count). The first-order valence-electron chi connectivity index (χ1n) is 14.7. The molecule has 0 aliphatic carbocycles. The summed E-state index contributed by atoms with van der Waals surface area (Å²) in [5, 5.41) is 33.7. The van der Waals surface area contributed by atoms with Crippen molar-refractivity contribution in [3.05, 3.63) is 75.7 Å². The molecule has 0 bridgehead atoms. The number of carboxylic acids is 2. The van der Waals surface area contributed by atoms with Gasteiger partial charge in [0, 0.05) is 29.0 Å². The zero-order valence-corrected chi connectivity index (χ0v) is 28.6. The number of thioether (sulfide) groups is 1. The van der Waals surface area contributed by atoms with Gasteiger partial charge in [-0.15, -0.1) is 11.8 Å². The van der Waals surface area contributed by atoms with Gasteiger partial charge in [-0.2, -0.15) is 4.57 Å². The van der Waals surface area contributed by atoms with Crippen molar-refractivity contribution < 1.29 is 43.2 Å². The van der Waals surface area contributed by atoms with Crippen LogP contribution in [0.5, 0.6) is 0 Å². The van der Waals surface area contributed by atoms with Gasteiger partial charge >= 0.3 is 11.9 Å². The number of amidine groups is 1. The van der Waals surface area contributed by atoms with Crippen molar-refractivity contribution in [1.82, 2.24) is 19.8 Å². The van der Waals surface area contributed by atoms with Gasteiger partial charge in [-0.3, -0.25) is 19.9 Å². The van der Waals surface area contributed by atoms with E-state index in [0.29, 0.717) is 23.4 Å². The number of halogens is 1. The Balaban J connectivity index is 1.22. The Morgan fingerprint density at radius 1 is 1.32 bits per heavy atom. The number of oxime groups is 1. The fraction of sp³-hybridized carbons (Fsp3) is 0.267. The number of hydrogen-bond donors (Lipinski definition) is 6. The molecule has 6 heterocycles. The van der Waals surface area contributed by atoms with Gasteiger partial charge in [0.05, 0.1) is 12.1 Å². The highest BCUT2D eigenvalue weighted by Gasteiger charge is 2.55. The molecule has 2 atom stereocenters. The summed E-state index contributed by atoms with van der Waals surface area (Å²) in [7, 11) is 0. The van der Waals surface area contributed by atoms with Gasteiger partial charge in [0.2, 0.25) is 5.60 Å². The number of pyridine rings is 1. The van der Waals surface area contributed by atoms with E-state index in [1.807, 2.05) is 39.9 Å². The first kappa shape index (κ1) is 34.5. The predicted molar refractivity (Wildman–Crippen MR) is 182 cm³/mol. The summed E-state index contributed by atoms with van der Waals surface area (Å²) in [6, 6.07) is 4.36. The number of nitrogen functional groups attached to an aromatic ring is 2. The van der Waals surface area contributed by atoms with Gasteiger partial charge in [0.15, 0.2) is 29.8 Å². The maximum absolute atomic E-state index is 13.5. The maximum Gasteiger partial charge on any atom is 0.352 e. The molecule has 4 aromatic rings. The standard InChI is InChI=1S/C30H28ClN9O8S2/c1-30(2,28(45)46)48-37-19(18-22(31)50-29(34)36-18)24(41)35-20-25(42)40-21(27(43)44)15(12-49-26(20)40)8-38-5-3-13-4-6-39(17(13)10-38)9-16-7-14(11-47-16)23(32)33/h3-7,10-11,20,26H,8-9,12H2,1-2H3,(H7-,32,33,34,35,36,41,43,44,45,46)/p+1/b37-19-/t20-,26-/m1/s1. The molecule has 50 heavy (non-hydrogen) atoms. The number of aromatic nitrogens is 3. The number of amides is 2. The number of anilines is 1. The van der Waals surface area contributed by atoms with E-state index in [-0.39, 0.29) is 39.0 Å². The minimum Gasteiger partial charge on any atom is -0.478 e. The van der Waals surface area contributed by atoms with E-state index in [4.69, 9.17) is 37.7 Å². The van der Waals surface area contributed by atoms with Crippen LogP contribution >= 0.6 is 34.7 Å². The minimum atomic E-state index is -1.83. The molecule has 0 saturated carbocycles. The molecule has 2 aliphatic rings. The lowest BCUT2D eigenvalue weighted by atomic mass is 10.0. The number of β-lactam (4-membered cyclic amide) rings is 1. The summed E-state index contributed by atoms with van der Waals surface area (Å²) in [6.45, 7) is 2.97. The van der Waals surface area contributed by atoms with E-state index in [0.717, 1.165) is 27.1 Å². The van der Waals surface area contributed by atoms with Crippen LogP contribution in [-0.2, 0) is 37.1 Å². The molecule has 8 N–H and O–H groups in total. The summed E-state index contributed by atoms with van der Waals surface area (Å²) in [6.07, 6.45) is 6.97. The topological polar surface area (TPSA) is 256 Å². The van der Waals surface area contributed by atoms with Crippen molar-refractivity contribution in [2.45, 2.75) is 44.0 Å². The molecule has 2 aliphatic heterocycles. The highest BCUT2D eigenvalue weighted by molar-refractivity contribution is 8.00. The van der Waals surface area contributed by atoms with Crippen LogP contribution in [0, 0.1) is 5.41 Å². The molecule has 2 amide bonds. The van der Waals surface area contributed by atoms with Crippen LogP contribution < -0.4 is 21.4 Å². The van der Waals surface area contributed by atoms with Crippen molar-refractivity contribution >= 4 is 86.0 Å². The number of nitrogens with zero attached hydrogens (tertiary/aromatic N) is 5. The first-order chi connectivity index (χ1) is 23.6. The average Bonchev–Trinajstić information content (AvgIpc) is 3.78. The molecular weight excluding hydrogens is 714 g/mol. The largest absolute Gasteiger partial charge is 0.478 e.